The number of carbonyl (C=O) groups is 1. The molecule has 0 aromatic heterocycles. The molecular formula is C24H31N3O. The molecule has 2 N–H and O–H groups in total. The molecule has 0 spiro atoms. The minimum atomic E-state index is -0.0876. The average molecular weight is 378 g/mol. The number of hydrogen-bond acceptors (Lipinski definition) is 2. The van der Waals surface area contributed by atoms with E-state index < -0.39 is 0 Å². The number of benzene rings is 2. The lowest BCUT2D eigenvalue weighted by Crippen LogP contribution is -2.57. The summed E-state index contributed by atoms with van der Waals surface area (Å²) < 4.78 is 0. The molecule has 2 aromatic carbocycles. The zero-order chi connectivity index (χ0) is 19.3. The van der Waals surface area contributed by atoms with E-state index in [1.54, 1.807) is 0 Å². The van der Waals surface area contributed by atoms with Gasteiger partial charge in [0.15, 0.2) is 0 Å². The Labute approximate surface area is 168 Å². The third kappa shape index (κ3) is 4.22. The zero-order valence-electron chi connectivity index (χ0n) is 16.7. The molecule has 0 saturated carbocycles. The SMILES string of the molecule is CCCN1C2CCCC1CC(NC(=O)Nc1ccccc1-c1ccccc1)C2. The van der Waals surface area contributed by atoms with E-state index in [0.29, 0.717) is 12.1 Å². The highest BCUT2D eigenvalue weighted by Crippen LogP contribution is 2.34. The van der Waals surface area contributed by atoms with Crippen LogP contribution in [0.4, 0.5) is 10.5 Å². The molecule has 2 fully saturated rings. The molecule has 2 atom stereocenters. The maximum atomic E-state index is 12.8. The maximum absolute atomic E-state index is 12.8. The second-order valence-corrected chi connectivity index (χ2v) is 8.15. The van der Waals surface area contributed by atoms with E-state index in [9.17, 15) is 4.79 Å². The Kier molecular flexibility index (Phi) is 5.96. The summed E-state index contributed by atoms with van der Waals surface area (Å²) in [6.07, 6.45) is 7.23. The van der Waals surface area contributed by atoms with Gasteiger partial charge in [0.25, 0.3) is 0 Å². The van der Waals surface area contributed by atoms with Crippen LogP contribution in [0.2, 0.25) is 0 Å². The largest absolute Gasteiger partial charge is 0.335 e. The predicted octanol–water partition coefficient (Wildman–Crippen LogP) is 5.27. The molecule has 4 rings (SSSR count). The molecule has 2 aliphatic rings. The van der Waals surface area contributed by atoms with E-state index in [-0.39, 0.29) is 12.1 Å². The average Bonchev–Trinajstić information content (AvgIpc) is 2.70. The number of nitrogens with zero attached hydrogens (tertiary/aromatic N) is 1. The lowest BCUT2D eigenvalue weighted by Gasteiger charge is -2.49. The molecule has 4 heteroatoms. The Morgan fingerprint density at radius 2 is 1.68 bits per heavy atom. The van der Waals surface area contributed by atoms with Crippen LogP contribution in [0.25, 0.3) is 11.1 Å². The van der Waals surface area contributed by atoms with E-state index in [1.165, 1.54) is 32.2 Å². The Hall–Kier alpha value is -2.33. The number of fused-ring (bicyclic) bond motifs is 2. The van der Waals surface area contributed by atoms with Crippen molar-refractivity contribution in [3.63, 3.8) is 0 Å². The van der Waals surface area contributed by atoms with Crippen LogP contribution in [0.3, 0.4) is 0 Å². The summed E-state index contributed by atoms with van der Waals surface area (Å²) in [6.45, 7) is 3.45. The van der Waals surface area contributed by atoms with Crippen LogP contribution in [0.15, 0.2) is 54.6 Å². The number of nitrogens with one attached hydrogen (secondary N) is 2. The third-order valence-corrected chi connectivity index (χ3v) is 6.20. The second kappa shape index (κ2) is 8.78. The summed E-state index contributed by atoms with van der Waals surface area (Å²) in [5.74, 6) is 0. The number of carbonyl (C=O) groups excluding carboxylic acids is 1. The molecule has 0 aliphatic carbocycles. The quantitative estimate of drug-likeness (QED) is 0.745. The van der Waals surface area contributed by atoms with Gasteiger partial charge in [-0.3, -0.25) is 4.90 Å². The Morgan fingerprint density at radius 3 is 2.39 bits per heavy atom. The van der Waals surface area contributed by atoms with Gasteiger partial charge in [-0.25, -0.2) is 4.79 Å². The van der Waals surface area contributed by atoms with Crippen molar-refractivity contribution in [1.82, 2.24) is 10.2 Å². The molecule has 2 heterocycles. The summed E-state index contributed by atoms with van der Waals surface area (Å²) in [7, 11) is 0. The first-order chi connectivity index (χ1) is 13.7. The second-order valence-electron chi connectivity index (χ2n) is 8.15. The number of piperidine rings is 2. The zero-order valence-corrected chi connectivity index (χ0v) is 16.7. The van der Waals surface area contributed by atoms with Crippen LogP contribution in [0.5, 0.6) is 0 Å². The number of amides is 2. The molecule has 2 bridgehead atoms. The molecule has 2 unspecified atom stereocenters. The number of urea groups is 1. The van der Waals surface area contributed by atoms with Gasteiger partial charge >= 0.3 is 6.03 Å². The Balaban J connectivity index is 1.41. The fraction of sp³-hybridized carbons (Fsp3) is 0.458. The summed E-state index contributed by atoms with van der Waals surface area (Å²) >= 11 is 0. The fourth-order valence-electron chi connectivity index (χ4n) is 5.03. The summed E-state index contributed by atoms with van der Waals surface area (Å²) in [5.41, 5.74) is 3.02. The molecule has 28 heavy (non-hydrogen) atoms. The maximum Gasteiger partial charge on any atom is 0.319 e. The molecular weight excluding hydrogens is 346 g/mol. The van der Waals surface area contributed by atoms with Crippen LogP contribution >= 0.6 is 0 Å². The van der Waals surface area contributed by atoms with Crippen molar-refractivity contribution in [3.05, 3.63) is 54.6 Å². The lowest BCUT2D eigenvalue weighted by molar-refractivity contribution is 0.0272. The smallest absolute Gasteiger partial charge is 0.319 e. The Bertz CT molecular complexity index is 777. The van der Waals surface area contributed by atoms with Crippen molar-refractivity contribution in [1.29, 1.82) is 0 Å². The van der Waals surface area contributed by atoms with E-state index >= 15 is 0 Å². The van der Waals surface area contributed by atoms with Crippen molar-refractivity contribution in [3.8, 4) is 11.1 Å². The van der Waals surface area contributed by atoms with Gasteiger partial charge in [0.2, 0.25) is 0 Å². The first kappa shape index (κ1) is 19.0. The van der Waals surface area contributed by atoms with E-state index in [1.807, 2.05) is 36.4 Å². The van der Waals surface area contributed by atoms with Gasteiger partial charge in [-0.1, -0.05) is 61.9 Å². The van der Waals surface area contributed by atoms with Gasteiger partial charge in [0.1, 0.15) is 0 Å². The van der Waals surface area contributed by atoms with Crippen LogP contribution in [0.1, 0.15) is 45.4 Å². The van der Waals surface area contributed by atoms with Gasteiger partial charge in [-0.2, -0.15) is 0 Å². The van der Waals surface area contributed by atoms with Gasteiger partial charge in [0.05, 0.1) is 5.69 Å². The van der Waals surface area contributed by atoms with Crippen LogP contribution in [0, 0.1) is 0 Å². The third-order valence-electron chi connectivity index (χ3n) is 6.20. The van der Waals surface area contributed by atoms with E-state index in [4.69, 9.17) is 0 Å². The van der Waals surface area contributed by atoms with Gasteiger partial charge < -0.3 is 10.6 Å². The van der Waals surface area contributed by atoms with Gasteiger partial charge in [-0.05, 0) is 50.3 Å². The molecule has 2 aromatic rings. The molecule has 2 amide bonds. The summed E-state index contributed by atoms with van der Waals surface area (Å²) in [6, 6.07) is 19.7. The van der Waals surface area contributed by atoms with Crippen molar-refractivity contribution in [2.45, 2.75) is 63.6 Å². The predicted molar refractivity (Wildman–Crippen MR) is 115 cm³/mol. The van der Waals surface area contributed by atoms with Crippen LogP contribution < -0.4 is 10.6 Å². The highest BCUT2D eigenvalue weighted by atomic mass is 16.2. The number of para-hydroxylation sites is 1. The van der Waals surface area contributed by atoms with Crippen LogP contribution in [-0.4, -0.2) is 35.6 Å². The number of anilines is 1. The van der Waals surface area contributed by atoms with Crippen molar-refractivity contribution in [2.24, 2.45) is 0 Å². The molecule has 4 nitrogen and oxygen atoms in total. The molecule has 148 valence electrons. The standard InChI is InChI=1S/C24H31N3O/c1-2-15-27-20-11-8-12-21(27)17-19(16-20)25-24(28)26-23-14-7-6-13-22(23)18-9-4-3-5-10-18/h3-7,9-10,13-14,19-21H,2,8,11-12,15-17H2,1H3,(H2,25,26,28). The van der Waals surface area contributed by atoms with Crippen molar-refractivity contribution < 1.29 is 4.79 Å². The van der Waals surface area contributed by atoms with Crippen molar-refractivity contribution >= 4 is 11.7 Å². The minimum Gasteiger partial charge on any atom is -0.335 e. The topological polar surface area (TPSA) is 44.4 Å². The van der Waals surface area contributed by atoms with Crippen LogP contribution in [-0.2, 0) is 0 Å². The Morgan fingerprint density at radius 1 is 1.00 bits per heavy atom. The van der Waals surface area contributed by atoms with E-state index in [0.717, 1.165) is 29.7 Å². The monoisotopic (exact) mass is 377 g/mol. The normalized spacial score (nSPS) is 24.5. The van der Waals surface area contributed by atoms with Gasteiger partial charge in [0, 0.05) is 23.7 Å². The summed E-state index contributed by atoms with van der Waals surface area (Å²) in [5, 5.41) is 6.36. The lowest BCUT2D eigenvalue weighted by atomic mass is 9.81. The number of rotatable bonds is 5. The minimum absolute atomic E-state index is 0.0876. The highest BCUT2D eigenvalue weighted by Gasteiger charge is 2.38. The van der Waals surface area contributed by atoms with Crippen molar-refractivity contribution in [2.75, 3.05) is 11.9 Å². The van der Waals surface area contributed by atoms with Gasteiger partial charge in [-0.15, -0.1) is 0 Å². The molecule has 2 aliphatic heterocycles. The molecule has 0 radical (unpaired) electrons. The fourth-order valence-corrected chi connectivity index (χ4v) is 5.03. The van der Waals surface area contributed by atoms with E-state index in [2.05, 4.69) is 40.7 Å². The first-order valence-electron chi connectivity index (χ1n) is 10.7. The number of hydrogen-bond donors (Lipinski definition) is 2. The summed E-state index contributed by atoms with van der Waals surface area (Å²) in [4.78, 5) is 15.5. The molecule has 2 saturated heterocycles. The highest BCUT2D eigenvalue weighted by molar-refractivity contribution is 5.94. The first-order valence-corrected chi connectivity index (χ1v) is 10.7.